The number of aromatic nitrogens is 2. The SMILES string of the molecule is Cc1nn([C@H]2CCS(=O)(=O)C2)c2c1[C@H](c1ccc(OC(C)C)cc1)CC(=O)N2. The average molecular weight is 404 g/mol. The molecule has 2 aromatic rings. The van der Waals surface area contributed by atoms with E-state index in [4.69, 9.17) is 4.74 Å². The summed E-state index contributed by atoms with van der Waals surface area (Å²) in [7, 11) is -3.04. The molecule has 1 aromatic heterocycles. The first-order valence-corrected chi connectivity index (χ1v) is 11.4. The number of amides is 1. The normalized spacial score (nSPS) is 23.5. The summed E-state index contributed by atoms with van der Waals surface area (Å²) in [6.07, 6.45) is 0.964. The molecule has 1 saturated heterocycles. The molecule has 1 fully saturated rings. The third-order valence-electron chi connectivity index (χ3n) is 5.34. The van der Waals surface area contributed by atoms with E-state index in [1.807, 2.05) is 45.0 Å². The van der Waals surface area contributed by atoms with Crippen LogP contribution >= 0.6 is 0 Å². The van der Waals surface area contributed by atoms with Crippen LogP contribution in [0.25, 0.3) is 0 Å². The van der Waals surface area contributed by atoms with E-state index in [9.17, 15) is 13.2 Å². The number of hydrogen-bond acceptors (Lipinski definition) is 5. The van der Waals surface area contributed by atoms with Gasteiger partial charge in [0, 0.05) is 17.9 Å². The Bertz CT molecular complexity index is 1010. The van der Waals surface area contributed by atoms with Crippen molar-refractivity contribution < 1.29 is 17.9 Å². The van der Waals surface area contributed by atoms with Crippen LogP contribution in [-0.4, -0.2) is 41.7 Å². The maximum absolute atomic E-state index is 12.4. The lowest BCUT2D eigenvalue weighted by atomic mass is 9.86. The molecule has 1 amide bonds. The number of fused-ring (bicyclic) bond motifs is 1. The number of carbonyl (C=O) groups is 1. The maximum atomic E-state index is 12.4. The van der Waals surface area contributed by atoms with Crippen LogP contribution in [0.4, 0.5) is 5.82 Å². The van der Waals surface area contributed by atoms with E-state index in [1.165, 1.54) is 0 Å². The smallest absolute Gasteiger partial charge is 0.226 e. The van der Waals surface area contributed by atoms with Crippen molar-refractivity contribution in [3.8, 4) is 5.75 Å². The van der Waals surface area contributed by atoms with Gasteiger partial charge in [0.05, 0.1) is 29.3 Å². The minimum atomic E-state index is -3.04. The highest BCUT2D eigenvalue weighted by Gasteiger charge is 2.37. The van der Waals surface area contributed by atoms with Gasteiger partial charge in [-0.2, -0.15) is 5.10 Å². The Hall–Kier alpha value is -2.35. The van der Waals surface area contributed by atoms with E-state index in [2.05, 4.69) is 10.4 Å². The van der Waals surface area contributed by atoms with E-state index in [1.54, 1.807) is 4.68 Å². The highest BCUT2D eigenvalue weighted by Crippen LogP contribution is 2.41. The number of ether oxygens (including phenoxy) is 1. The van der Waals surface area contributed by atoms with Crippen molar-refractivity contribution in [2.45, 2.75) is 51.7 Å². The van der Waals surface area contributed by atoms with Crippen LogP contribution in [0, 0.1) is 6.92 Å². The van der Waals surface area contributed by atoms with E-state index in [-0.39, 0.29) is 35.5 Å². The first-order valence-electron chi connectivity index (χ1n) is 9.59. The van der Waals surface area contributed by atoms with Gasteiger partial charge in [-0.1, -0.05) is 12.1 Å². The molecule has 0 saturated carbocycles. The zero-order valence-corrected chi connectivity index (χ0v) is 17.1. The molecule has 0 aliphatic carbocycles. The van der Waals surface area contributed by atoms with Crippen molar-refractivity contribution in [2.24, 2.45) is 0 Å². The molecule has 3 heterocycles. The number of anilines is 1. The molecule has 2 aliphatic rings. The molecule has 0 radical (unpaired) electrons. The molecule has 1 N–H and O–H groups in total. The molecule has 7 nitrogen and oxygen atoms in total. The molecule has 2 atom stereocenters. The molecule has 4 rings (SSSR count). The van der Waals surface area contributed by atoms with Crippen molar-refractivity contribution in [1.29, 1.82) is 0 Å². The fourth-order valence-corrected chi connectivity index (χ4v) is 5.83. The van der Waals surface area contributed by atoms with Crippen LogP contribution in [0.15, 0.2) is 24.3 Å². The second kappa shape index (κ2) is 6.92. The van der Waals surface area contributed by atoms with Crippen molar-refractivity contribution >= 4 is 21.6 Å². The zero-order valence-electron chi connectivity index (χ0n) is 16.3. The Morgan fingerprint density at radius 2 is 1.96 bits per heavy atom. The van der Waals surface area contributed by atoms with Gasteiger partial charge in [0.2, 0.25) is 5.91 Å². The predicted octanol–water partition coefficient (Wildman–Crippen LogP) is 2.81. The molecule has 0 spiro atoms. The number of hydrogen-bond donors (Lipinski definition) is 1. The van der Waals surface area contributed by atoms with Crippen LogP contribution in [0.1, 0.15) is 55.5 Å². The summed E-state index contributed by atoms with van der Waals surface area (Å²) in [4.78, 5) is 12.4. The van der Waals surface area contributed by atoms with Crippen molar-refractivity contribution in [3.63, 3.8) is 0 Å². The Kier molecular flexibility index (Phi) is 4.69. The number of nitrogens with one attached hydrogen (secondary N) is 1. The Balaban J connectivity index is 1.70. The third-order valence-corrected chi connectivity index (χ3v) is 7.09. The van der Waals surface area contributed by atoms with E-state index < -0.39 is 9.84 Å². The number of sulfone groups is 1. The molecule has 0 unspecified atom stereocenters. The largest absolute Gasteiger partial charge is 0.491 e. The fourth-order valence-electron chi connectivity index (χ4n) is 4.14. The van der Waals surface area contributed by atoms with E-state index in [0.29, 0.717) is 18.7 Å². The number of aryl methyl sites for hydroxylation is 1. The van der Waals surface area contributed by atoms with Crippen molar-refractivity contribution in [2.75, 3.05) is 16.8 Å². The summed E-state index contributed by atoms with van der Waals surface area (Å²) in [6, 6.07) is 7.59. The average Bonchev–Trinajstić information content (AvgIpc) is 3.14. The van der Waals surface area contributed by atoms with Crippen molar-refractivity contribution in [1.82, 2.24) is 9.78 Å². The van der Waals surface area contributed by atoms with Crippen LogP contribution in [0.5, 0.6) is 5.75 Å². The van der Waals surface area contributed by atoms with Gasteiger partial charge in [0.25, 0.3) is 0 Å². The summed E-state index contributed by atoms with van der Waals surface area (Å²) in [5.41, 5.74) is 2.82. The van der Waals surface area contributed by atoms with Crippen LogP contribution in [0.2, 0.25) is 0 Å². The van der Waals surface area contributed by atoms with Crippen LogP contribution < -0.4 is 10.1 Å². The van der Waals surface area contributed by atoms with Crippen LogP contribution in [-0.2, 0) is 14.6 Å². The molecule has 150 valence electrons. The molecule has 2 aliphatic heterocycles. The second-order valence-corrected chi connectivity index (χ2v) is 10.1. The quantitative estimate of drug-likeness (QED) is 0.848. The molecular weight excluding hydrogens is 378 g/mol. The van der Waals surface area contributed by atoms with Gasteiger partial charge in [-0.15, -0.1) is 0 Å². The molecule has 0 bridgehead atoms. The number of rotatable bonds is 4. The molecular formula is C20H25N3O4S. The number of nitrogens with zero attached hydrogens (tertiary/aromatic N) is 2. The lowest BCUT2D eigenvalue weighted by Gasteiger charge is -2.25. The zero-order chi connectivity index (χ0) is 20.1. The molecule has 1 aromatic carbocycles. The van der Waals surface area contributed by atoms with Crippen molar-refractivity contribution in [3.05, 3.63) is 41.1 Å². The van der Waals surface area contributed by atoms with Gasteiger partial charge in [0.1, 0.15) is 11.6 Å². The van der Waals surface area contributed by atoms with Crippen LogP contribution in [0.3, 0.4) is 0 Å². The lowest BCUT2D eigenvalue weighted by molar-refractivity contribution is -0.116. The van der Waals surface area contributed by atoms with Gasteiger partial charge >= 0.3 is 0 Å². The topological polar surface area (TPSA) is 90.3 Å². The van der Waals surface area contributed by atoms with E-state index >= 15 is 0 Å². The highest BCUT2D eigenvalue weighted by molar-refractivity contribution is 7.91. The molecule has 8 heteroatoms. The van der Waals surface area contributed by atoms with Gasteiger partial charge < -0.3 is 10.1 Å². The summed E-state index contributed by atoms with van der Waals surface area (Å²) in [5, 5.41) is 7.55. The summed E-state index contributed by atoms with van der Waals surface area (Å²) >= 11 is 0. The van der Waals surface area contributed by atoms with Gasteiger partial charge in [-0.05, 0) is 44.9 Å². The highest BCUT2D eigenvalue weighted by atomic mass is 32.2. The van der Waals surface area contributed by atoms with E-state index in [0.717, 1.165) is 22.6 Å². The van der Waals surface area contributed by atoms with Gasteiger partial charge in [-0.3, -0.25) is 4.79 Å². The summed E-state index contributed by atoms with van der Waals surface area (Å²) in [5.74, 6) is 1.49. The third kappa shape index (κ3) is 3.53. The Morgan fingerprint density at radius 3 is 2.57 bits per heavy atom. The maximum Gasteiger partial charge on any atom is 0.226 e. The summed E-state index contributed by atoms with van der Waals surface area (Å²) < 4.78 is 31.2. The molecule has 28 heavy (non-hydrogen) atoms. The monoisotopic (exact) mass is 403 g/mol. The Labute approximate surface area is 165 Å². The second-order valence-electron chi connectivity index (χ2n) is 7.89. The fraction of sp³-hybridized carbons (Fsp3) is 0.500. The minimum absolute atomic E-state index is 0.0718. The summed E-state index contributed by atoms with van der Waals surface area (Å²) in [6.45, 7) is 5.87. The first kappa shape index (κ1) is 19.0. The first-order chi connectivity index (χ1) is 13.2. The Morgan fingerprint density at radius 1 is 1.25 bits per heavy atom. The predicted molar refractivity (Wildman–Crippen MR) is 107 cm³/mol. The minimum Gasteiger partial charge on any atom is -0.491 e. The number of carbonyl (C=O) groups excluding carboxylic acids is 1. The van der Waals surface area contributed by atoms with Gasteiger partial charge in [-0.25, -0.2) is 13.1 Å². The lowest BCUT2D eigenvalue weighted by Crippen LogP contribution is -2.26. The standard InChI is InChI=1S/C20H25N3O4S/c1-12(2)27-16-6-4-14(5-7-16)17-10-18(24)21-20-19(17)13(3)22-23(20)15-8-9-28(25,26)11-15/h4-7,12,15,17H,8-11H2,1-3H3,(H,21,24)/t15-,17-/m0/s1. The number of benzene rings is 1. The van der Waals surface area contributed by atoms with Gasteiger partial charge in [0.15, 0.2) is 9.84 Å².